The van der Waals surface area contributed by atoms with E-state index in [0.717, 1.165) is 51.5 Å². The van der Waals surface area contributed by atoms with Crippen LogP contribution in [0.4, 0.5) is 0 Å². The van der Waals surface area contributed by atoms with Crippen molar-refractivity contribution >= 4 is 11.8 Å². The number of carbonyl (C=O) groups excluding carboxylic acids is 2. The van der Waals surface area contributed by atoms with Crippen molar-refractivity contribution in [3.63, 3.8) is 0 Å². The van der Waals surface area contributed by atoms with Crippen molar-refractivity contribution in [2.75, 3.05) is 20.6 Å². The Kier molecular flexibility index (Phi) is 5.62. The SMILES string of the molecule is CN(C)C(=O)C1CCCN1C(=O)CCC1CCC(N)CC1. The Balaban J connectivity index is 1.81. The van der Waals surface area contributed by atoms with Crippen LogP contribution in [-0.2, 0) is 9.59 Å². The first-order chi connectivity index (χ1) is 9.99. The largest absolute Gasteiger partial charge is 0.347 e. The number of hydrogen-bond donors (Lipinski definition) is 1. The van der Waals surface area contributed by atoms with Crippen LogP contribution in [0.1, 0.15) is 51.4 Å². The monoisotopic (exact) mass is 295 g/mol. The molecule has 1 saturated heterocycles. The molecule has 2 aliphatic rings. The van der Waals surface area contributed by atoms with Crippen molar-refractivity contribution in [2.45, 2.75) is 63.5 Å². The Bertz CT molecular complexity index is 376. The van der Waals surface area contributed by atoms with Gasteiger partial charge in [-0.25, -0.2) is 0 Å². The average Bonchev–Trinajstić information content (AvgIpc) is 2.94. The summed E-state index contributed by atoms with van der Waals surface area (Å²) in [6.45, 7) is 0.735. The van der Waals surface area contributed by atoms with Gasteiger partial charge in [0.2, 0.25) is 11.8 Å². The molecule has 0 spiro atoms. The van der Waals surface area contributed by atoms with Gasteiger partial charge < -0.3 is 15.5 Å². The van der Waals surface area contributed by atoms with Gasteiger partial charge in [0.05, 0.1) is 0 Å². The molecule has 0 aromatic rings. The van der Waals surface area contributed by atoms with Gasteiger partial charge in [0.15, 0.2) is 0 Å². The van der Waals surface area contributed by atoms with Gasteiger partial charge >= 0.3 is 0 Å². The third-order valence-corrected chi connectivity index (χ3v) is 4.96. The quantitative estimate of drug-likeness (QED) is 0.851. The van der Waals surface area contributed by atoms with Crippen LogP contribution in [0.2, 0.25) is 0 Å². The maximum absolute atomic E-state index is 12.4. The van der Waals surface area contributed by atoms with E-state index in [0.29, 0.717) is 18.4 Å². The van der Waals surface area contributed by atoms with E-state index in [9.17, 15) is 9.59 Å². The molecule has 1 unspecified atom stereocenters. The fraction of sp³-hybridized carbons (Fsp3) is 0.875. The van der Waals surface area contributed by atoms with Crippen LogP contribution < -0.4 is 5.73 Å². The summed E-state index contributed by atoms with van der Waals surface area (Å²) in [5.74, 6) is 0.853. The minimum Gasteiger partial charge on any atom is -0.347 e. The predicted octanol–water partition coefficient (Wildman–Crippen LogP) is 1.36. The van der Waals surface area contributed by atoms with Crippen LogP contribution in [0.25, 0.3) is 0 Å². The second-order valence-corrected chi connectivity index (χ2v) is 6.80. The topological polar surface area (TPSA) is 66.6 Å². The van der Waals surface area contributed by atoms with Crippen molar-refractivity contribution in [1.29, 1.82) is 0 Å². The summed E-state index contributed by atoms with van der Waals surface area (Å²) in [5.41, 5.74) is 5.91. The number of nitrogens with zero attached hydrogens (tertiary/aromatic N) is 2. The van der Waals surface area contributed by atoms with Crippen molar-refractivity contribution < 1.29 is 9.59 Å². The lowest BCUT2D eigenvalue weighted by atomic mass is 9.83. The molecule has 0 aromatic heterocycles. The molecule has 5 heteroatoms. The van der Waals surface area contributed by atoms with E-state index in [4.69, 9.17) is 5.73 Å². The highest BCUT2D eigenvalue weighted by Crippen LogP contribution is 2.28. The van der Waals surface area contributed by atoms with Crippen LogP contribution in [0.5, 0.6) is 0 Å². The van der Waals surface area contributed by atoms with Gasteiger partial charge in [-0.2, -0.15) is 0 Å². The van der Waals surface area contributed by atoms with Crippen LogP contribution in [-0.4, -0.2) is 54.3 Å². The molecule has 2 fully saturated rings. The number of carbonyl (C=O) groups is 2. The third-order valence-electron chi connectivity index (χ3n) is 4.96. The highest BCUT2D eigenvalue weighted by molar-refractivity contribution is 5.88. The molecule has 5 nitrogen and oxygen atoms in total. The second-order valence-electron chi connectivity index (χ2n) is 6.80. The molecule has 1 saturated carbocycles. The van der Waals surface area contributed by atoms with E-state index in [-0.39, 0.29) is 17.9 Å². The van der Waals surface area contributed by atoms with Gasteiger partial charge in [-0.1, -0.05) is 0 Å². The van der Waals surface area contributed by atoms with E-state index >= 15 is 0 Å². The van der Waals surface area contributed by atoms with Gasteiger partial charge in [0.1, 0.15) is 6.04 Å². The van der Waals surface area contributed by atoms with Crippen LogP contribution in [0.15, 0.2) is 0 Å². The van der Waals surface area contributed by atoms with E-state index in [1.54, 1.807) is 23.9 Å². The number of amides is 2. The first kappa shape index (κ1) is 16.3. The normalized spacial score (nSPS) is 29.5. The summed E-state index contributed by atoms with van der Waals surface area (Å²) >= 11 is 0. The number of hydrogen-bond acceptors (Lipinski definition) is 3. The maximum Gasteiger partial charge on any atom is 0.244 e. The molecule has 0 bridgehead atoms. The lowest BCUT2D eigenvalue weighted by Crippen LogP contribution is -2.45. The molecule has 2 N–H and O–H groups in total. The number of likely N-dealkylation sites (tertiary alicyclic amines) is 1. The molecule has 1 aliphatic heterocycles. The Morgan fingerprint density at radius 1 is 1.14 bits per heavy atom. The summed E-state index contributed by atoms with van der Waals surface area (Å²) in [6, 6.07) is 0.130. The van der Waals surface area contributed by atoms with Crippen molar-refractivity contribution in [2.24, 2.45) is 11.7 Å². The Hall–Kier alpha value is -1.10. The molecule has 2 rings (SSSR count). The highest BCUT2D eigenvalue weighted by Gasteiger charge is 2.34. The van der Waals surface area contributed by atoms with E-state index in [1.807, 2.05) is 0 Å². The van der Waals surface area contributed by atoms with Gasteiger partial charge in [0, 0.05) is 33.1 Å². The maximum atomic E-state index is 12.4. The lowest BCUT2D eigenvalue weighted by Gasteiger charge is -2.28. The van der Waals surface area contributed by atoms with Crippen LogP contribution in [0, 0.1) is 5.92 Å². The number of likely N-dealkylation sites (N-methyl/N-ethyl adjacent to an activating group) is 1. The number of nitrogens with two attached hydrogens (primary N) is 1. The molecular weight excluding hydrogens is 266 g/mol. The Morgan fingerprint density at radius 3 is 2.43 bits per heavy atom. The second kappa shape index (κ2) is 7.25. The zero-order valence-corrected chi connectivity index (χ0v) is 13.4. The fourth-order valence-electron chi connectivity index (χ4n) is 3.57. The van der Waals surface area contributed by atoms with Gasteiger partial charge in [-0.3, -0.25) is 9.59 Å². The van der Waals surface area contributed by atoms with E-state index in [2.05, 4.69) is 0 Å². The predicted molar refractivity (Wildman–Crippen MR) is 82.6 cm³/mol. The van der Waals surface area contributed by atoms with Gasteiger partial charge in [0.25, 0.3) is 0 Å². The molecule has 120 valence electrons. The zero-order valence-electron chi connectivity index (χ0n) is 13.4. The molecule has 1 aliphatic carbocycles. The highest BCUT2D eigenvalue weighted by atomic mass is 16.2. The molecule has 1 heterocycles. The minimum atomic E-state index is -0.229. The molecule has 1 atom stereocenters. The van der Waals surface area contributed by atoms with Crippen molar-refractivity contribution in [3.8, 4) is 0 Å². The number of rotatable bonds is 4. The van der Waals surface area contributed by atoms with Crippen molar-refractivity contribution in [3.05, 3.63) is 0 Å². The zero-order chi connectivity index (χ0) is 15.4. The smallest absolute Gasteiger partial charge is 0.244 e. The van der Waals surface area contributed by atoms with E-state index < -0.39 is 0 Å². The molecule has 0 aromatic carbocycles. The first-order valence-electron chi connectivity index (χ1n) is 8.25. The Morgan fingerprint density at radius 2 is 1.81 bits per heavy atom. The summed E-state index contributed by atoms with van der Waals surface area (Å²) in [6.07, 6.45) is 7.75. The van der Waals surface area contributed by atoms with Gasteiger partial charge in [-0.15, -0.1) is 0 Å². The molecular formula is C16H29N3O2. The van der Waals surface area contributed by atoms with Crippen LogP contribution >= 0.6 is 0 Å². The average molecular weight is 295 g/mol. The van der Waals surface area contributed by atoms with E-state index in [1.165, 1.54) is 0 Å². The Labute approximate surface area is 127 Å². The lowest BCUT2D eigenvalue weighted by molar-refractivity contribution is -0.142. The summed E-state index contributed by atoms with van der Waals surface area (Å²) in [5, 5.41) is 0. The van der Waals surface area contributed by atoms with Gasteiger partial charge in [-0.05, 0) is 50.9 Å². The summed E-state index contributed by atoms with van der Waals surface area (Å²) in [7, 11) is 3.52. The first-order valence-corrected chi connectivity index (χ1v) is 8.25. The molecule has 21 heavy (non-hydrogen) atoms. The summed E-state index contributed by atoms with van der Waals surface area (Å²) in [4.78, 5) is 27.9. The molecule has 2 amide bonds. The minimum absolute atomic E-state index is 0.0597. The standard InChI is InChI=1S/C16H29N3O2/c1-18(2)16(21)14-4-3-11-19(14)15(20)10-7-12-5-8-13(17)9-6-12/h12-14H,3-11,17H2,1-2H3. The fourth-order valence-corrected chi connectivity index (χ4v) is 3.57. The molecule has 0 radical (unpaired) electrons. The van der Waals surface area contributed by atoms with Crippen molar-refractivity contribution in [1.82, 2.24) is 9.80 Å². The third kappa shape index (κ3) is 4.19. The van der Waals surface area contributed by atoms with Crippen LogP contribution in [0.3, 0.4) is 0 Å². The summed E-state index contributed by atoms with van der Waals surface area (Å²) < 4.78 is 0.